The van der Waals surface area contributed by atoms with E-state index < -0.39 is 0 Å². The molecule has 0 fully saturated rings. The molecule has 0 bridgehead atoms. The van der Waals surface area contributed by atoms with Gasteiger partial charge in [0.2, 0.25) is 0 Å². The van der Waals surface area contributed by atoms with Crippen molar-refractivity contribution in [1.29, 1.82) is 0 Å². The second kappa shape index (κ2) is 5.46. The van der Waals surface area contributed by atoms with Crippen LogP contribution < -0.4 is 5.56 Å². The minimum absolute atomic E-state index is 0.0464. The predicted molar refractivity (Wildman–Crippen MR) is 88.9 cm³/mol. The molecule has 0 saturated heterocycles. The number of pyridine rings is 1. The molecule has 0 atom stereocenters. The van der Waals surface area contributed by atoms with E-state index >= 15 is 0 Å². The van der Waals surface area contributed by atoms with E-state index in [4.69, 9.17) is 0 Å². The van der Waals surface area contributed by atoms with E-state index in [0.717, 1.165) is 28.6 Å². The zero-order valence-corrected chi connectivity index (χ0v) is 13.1. The first-order valence-electron chi connectivity index (χ1n) is 7.45. The molecule has 0 aliphatic rings. The third-order valence-corrected chi connectivity index (χ3v) is 4.32. The SMILES string of the molecule is CCc1ccccc1-c1cn(C)c(=O)c2c1cc(CO)n2C. The van der Waals surface area contributed by atoms with Crippen molar-refractivity contribution in [3.05, 3.63) is 58.1 Å². The molecule has 22 heavy (non-hydrogen) atoms. The van der Waals surface area contributed by atoms with Gasteiger partial charge in [-0.15, -0.1) is 0 Å². The summed E-state index contributed by atoms with van der Waals surface area (Å²) in [4.78, 5) is 12.5. The number of hydrogen-bond donors (Lipinski definition) is 1. The van der Waals surface area contributed by atoms with E-state index in [-0.39, 0.29) is 12.2 Å². The zero-order chi connectivity index (χ0) is 15.9. The number of nitrogens with zero attached hydrogens (tertiary/aromatic N) is 2. The molecule has 114 valence electrons. The van der Waals surface area contributed by atoms with Crippen LogP contribution in [0.15, 0.2) is 41.3 Å². The third kappa shape index (κ3) is 2.07. The van der Waals surface area contributed by atoms with Crippen LogP contribution in [0, 0.1) is 0 Å². The number of benzene rings is 1. The smallest absolute Gasteiger partial charge is 0.274 e. The van der Waals surface area contributed by atoms with Crippen molar-refractivity contribution < 1.29 is 5.11 Å². The lowest BCUT2D eigenvalue weighted by molar-refractivity contribution is 0.273. The molecule has 4 nitrogen and oxygen atoms in total. The largest absolute Gasteiger partial charge is 0.390 e. The van der Waals surface area contributed by atoms with E-state index in [1.807, 2.05) is 31.4 Å². The van der Waals surface area contributed by atoms with E-state index in [1.165, 1.54) is 5.56 Å². The molecule has 3 aromatic rings. The highest BCUT2D eigenvalue weighted by molar-refractivity contribution is 5.96. The summed E-state index contributed by atoms with van der Waals surface area (Å²) in [6.07, 6.45) is 2.82. The highest BCUT2D eigenvalue weighted by atomic mass is 16.3. The quantitative estimate of drug-likeness (QED) is 0.807. The van der Waals surface area contributed by atoms with Crippen molar-refractivity contribution in [2.45, 2.75) is 20.0 Å². The lowest BCUT2D eigenvalue weighted by atomic mass is 9.97. The van der Waals surface area contributed by atoms with Crippen molar-refractivity contribution in [3.8, 4) is 11.1 Å². The number of aromatic nitrogens is 2. The second-order valence-electron chi connectivity index (χ2n) is 5.58. The number of hydrogen-bond acceptors (Lipinski definition) is 2. The Labute approximate surface area is 129 Å². The van der Waals surface area contributed by atoms with Crippen LogP contribution in [0.5, 0.6) is 0 Å². The van der Waals surface area contributed by atoms with Crippen molar-refractivity contribution in [2.24, 2.45) is 14.1 Å². The van der Waals surface area contributed by atoms with Crippen LogP contribution in [-0.2, 0) is 27.1 Å². The minimum atomic E-state index is -0.0802. The number of fused-ring (bicyclic) bond motifs is 1. The van der Waals surface area contributed by atoms with Crippen LogP contribution in [0.2, 0.25) is 0 Å². The highest BCUT2D eigenvalue weighted by Gasteiger charge is 2.16. The molecular formula is C18H20N2O2. The minimum Gasteiger partial charge on any atom is -0.390 e. The first-order chi connectivity index (χ1) is 10.6. The Morgan fingerprint density at radius 1 is 1.14 bits per heavy atom. The lowest BCUT2D eigenvalue weighted by Gasteiger charge is -2.11. The average molecular weight is 296 g/mol. The fraction of sp³-hybridized carbons (Fsp3) is 0.278. The molecule has 0 aliphatic heterocycles. The van der Waals surface area contributed by atoms with E-state index in [1.54, 1.807) is 16.2 Å². The topological polar surface area (TPSA) is 47.2 Å². The maximum atomic E-state index is 12.5. The van der Waals surface area contributed by atoms with Crippen LogP contribution in [0.25, 0.3) is 22.0 Å². The molecule has 4 heteroatoms. The lowest BCUT2D eigenvalue weighted by Crippen LogP contribution is -2.19. The van der Waals surface area contributed by atoms with Crippen molar-refractivity contribution >= 4 is 10.9 Å². The summed E-state index contributed by atoms with van der Waals surface area (Å²) in [5.41, 5.74) is 4.75. The Hall–Kier alpha value is -2.33. The fourth-order valence-corrected chi connectivity index (χ4v) is 3.07. The fourth-order valence-electron chi connectivity index (χ4n) is 3.07. The van der Waals surface area contributed by atoms with Gasteiger partial charge in [0.15, 0.2) is 0 Å². The van der Waals surface area contributed by atoms with Gasteiger partial charge in [-0.3, -0.25) is 4.79 Å². The van der Waals surface area contributed by atoms with Gasteiger partial charge in [-0.05, 0) is 23.6 Å². The average Bonchev–Trinajstić information content (AvgIpc) is 2.88. The summed E-state index contributed by atoms with van der Waals surface area (Å²) in [7, 11) is 3.59. The van der Waals surface area contributed by atoms with Crippen LogP contribution in [0.1, 0.15) is 18.2 Å². The zero-order valence-electron chi connectivity index (χ0n) is 13.1. The molecule has 0 aliphatic carbocycles. The van der Waals surface area contributed by atoms with Gasteiger partial charge in [-0.25, -0.2) is 0 Å². The second-order valence-corrected chi connectivity index (χ2v) is 5.58. The van der Waals surface area contributed by atoms with E-state index in [0.29, 0.717) is 5.52 Å². The molecule has 1 aromatic carbocycles. The standard InChI is InChI=1S/C18H20N2O2/c1-4-12-7-5-6-8-14(12)16-10-19(2)18(22)17-15(16)9-13(11-21)20(17)3/h5-10,21H,4,11H2,1-3H3. The maximum Gasteiger partial charge on any atom is 0.274 e. The Morgan fingerprint density at radius 2 is 1.86 bits per heavy atom. The molecular weight excluding hydrogens is 276 g/mol. The molecule has 0 spiro atoms. The predicted octanol–water partition coefficient (Wildman–Crippen LogP) is 2.60. The summed E-state index contributed by atoms with van der Waals surface area (Å²) in [6.45, 7) is 2.05. The van der Waals surface area contributed by atoms with Gasteiger partial charge < -0.3 is 14.2 Å². The van der Waals surface area contributed by atoms with Gasteiger partial charge >= 0.3 is 0 Å². The van der Waals surface area contributed by atoms with E-state index in [2.05, 4.69) is 19.1 Å². The molecule has 0 saturated carbocycles. The molecule has 0 unspecified atom stereocenters. The van der Waals surface area contributed by atoms with Crippen LogP contribution in [0.4, 0.5) is 0 Å². The molecule has 1 N–H and O–H groups in total. The highest BCUT2D eigenvalue weighted by Crippen LogP contribution is 2.31. The molecule has 3 rings (SSSR count). The van der Waals surface area contributed by atoms with E-state index in [9.17, 15) is 9.90 Å². The molecule has 0 radical (unpaired) electrons. The summed E-state index contributed by atoms with van der Waals surface area (Å²) < 4.78 is 3.40. The summed E-state index contributed by atoms with van der Waals surface area (Å²) in [5.74, 6) is 0. The van der Waals surface area contributed by atoms with Crippen LogP contribution in [-0.4, -0.2) is 14.2 Å². The van der Waals surface area contributed by atoms with Crippen molar-refractivity contribution in [2.75, 3.05) is 0 Å². The number of rotatable bonds is 3. The van der Waals surface area contributed by atoms with Gasteiger partial charge in [-0.2, -0.15) is 0 Å². The van der Waals surface area contributed by atoms with Gasteiger partial charge in [-0.1, -0.05) is 31.2 Å². The van der Waals surface area contributed by atoms with Gasteiger partial charge in [0.1, 0.15) is 5.52 Å². The van der Waals surface area contributed by atoms with Crippen LogP contribution >= 0.6 is 0 Å². The van der Waals surface area contributed by atoms with Gasteiger partial charge in [0, 0.05) is 36.9 Å². The Morgan fingerprint density at radius 3 is 2.55 bits per heavy atom. The first kappa shape index (κ1) is 14.6. The summed E-state index contributed by atoms with van der Waals surface area (Å²) in [5, 5.41) is 10.4. The van der Waals surface area contributed by atoms with Gasteiger partial charge in [0.05, 0.1) is 6.61 Å². The Kier molecular flexibility index (Phi) is 3.62. The maximum absolute atomic E-state index is 12.5. The molecule has 2 aromatic heterocycles. The number of aryl methyl sites for hydroxylation is 3. The normalized spacial score (nSPS) is 11.3. The van der Waals surface area contributed by atoms with Crippen molar-refractivity contribution in [1.82, 2.24) is 9.13 Å². The van der Waals surface area contributed by atoms with Crippen LogP contribution in [0.3, 0.4) is 0 Å². The first-order valence-corrected chi connectivity index (χ1v) is 7.45. The third-order valence-electron chi connectivity index (χ3n) is 4.32. The molecule has 0 amide bonds. The summed E-state index contributed by atoms with van der Waals surface area (Å²) >= 11 is 0. The van der Waals surface area contributed by atoms with Crippen molar-refractivity contribution in [3.63, 3.8) is 0 Å². The summed E-state index contributed by atoms with van der Waals surface area (Å²) in [6, 6.07) is 10.2. The number of aliphatic hydroxyl groups is 1. The molecule has 2 heterocycles. The Balaban J connectivity index is 2.45. The number of aliphatic hydroxyl groups excluding tert-OH is 1. The monoisotopic (exact) mass is 296 g/mol. The Bertz CT molecular complexity index is 903. The van der Waals surface area contributed by atoms with Gasteiger partial charge in [0.25, 0.3) is 5.56 Å².